The molecule has 0 radical (unpaired) electrons. The lowest BCUT2D eigenvalue weighted by molar-refractivity contribution is 0.332. The van der Waals surface area contributed by atoms with Gasteiger partial charge in [0, 0.05) is 53.6 Å². The molecule has 0 fully saturated rings. The molecule has 2 aliphatic carbocycles. The third-order valence-electron chi connectivity index (χ3n) is 17.0. The lowest BCUT2D eigenvalue weighted by atomic mass is 9.42. The van der Waals surface area contributed by atoms with E-state index >= 15 is 0 Å². The predicted molar refractivity (Wildman–Crippen MR) is 281 cm³/mol. The smallest absolute Gasteiger partial charge is 0.333 e. The first-order valence-electron chi connectivity index (χ1n) is 24.2. The Balaban J connectivity index is 1.35. The first kappa shape index (κ1) is 40.7. The Kier molecular flexibility index (Phi) is 7.98. The standard InChI is InChI=1S/C60H65BN2S/c1-55(2,3)34-19-22-36(23-20-34)63-46-32-42-40(57(7,8)25-27-59(42,11)12)30-39(46)49-50-37-17-15-16-18-48(37)64-54(50)51-38-29-35(56(4,5)6)21-24-45(38)62-47-33-43-41(58(9,10)26-28-60(43,13)14)31-44(47)61(63)52(49)53(51)62/h15-24,29-33H,25-28H2,1-14H3. The maximum absolute atomic E-state index is 2.82. The summed E-state index contributed by atoms with van der Waals surface area (Å²) in [5.41, 5.74) is 21.6. The SMILES string of the molecule is CC(C)(C)c1ccc(N2B3c4cc5c(cc4-n4c6ccc(C(C)(C)C)cc6c6c7sc8ccccc8c7c(c3c64)-c3cc4c(cc32)C(C)(C)CCC4(C)C)C(C)(C)CCC5(C)C)cc1. The van der Waals surface area contributed by atoms with Gasteiger partial charge in [0.1, 0.15) is 0 Å². The fourth-order valence-electron chi connectivity index (χ4n) is 12.8. The zero-order valence-electron chi connectivity index (χ0n) is 40.9. The molecule has 2 nitrogen and oxygen atoms in total. The summed E-state index contributed by atoms with van der Waals surface area (Å²) < 4.78 is 5.55. The molecule has 0 unspecified atom stereocenters. The number of anilines is 2. The normalized spacial score (nSPS) is 19.0. The van der Waals surface area contributed by atoms with Crippen LogP contribution in [0.1, 0.15) is 156 Å². The topological polar surface area (TPSA) is 8.17 Å². The van der Waals surface area contributed by atoms with E-state index in [1.165, 1.54) is 140 Å². The van der Waals surface area contributed by atoms with Crippen LogP contribution in [0.2, 0.25) is 0 Å². The van der Waals surface area contributed by atoms with Crippen LogP contribution in [-0.4, -0.2) is 11.4 Å². The zero-order valence-corrected chi connectivity index (χ0v) is 41.7. The van der Waals surface area contributed by atoms with Crippen LogP contribution < -0.4 is 15.7 Å². The largest absolute Gasteiger partial charge is 0.376 e. The van der Waals surface area contributed by atoms with E-state index in [1.54, 1.807) is 0 Å². The van der Waals surface area contributed by atoms with Crippen molar-refractivity contribution in [3.8, 4) is 16.8 Å². The van der Waals surface area contributed by atoms with E-state index in [0.29, 0.717) is 0 Å². The highest BCUT2D eigenvalue weighted by Crippen LogP contribution is 2.57. The van der Waals surface area contributed by atoms with Crippen LogP contribution in [0.25, 0.3) is 58.8 Å². The summed E-state index contributed by atoms with van der Waals surface area (Å²) in [6, 6.07) is 37.2. The van der Waals surface area contributed by atoms with Crippen LogP contribution in [-0.2, 0) is 32.5 Å². The quantitative estimate of drug-likeness (QED) is 0.149. The van der Waals surface area contributed by atoms with Gasteiger partial charge in [-0.05, 0) is 157 Å². The molecular weight excluding hydrogens is 792 g/mol. The molecule has 324 valence electrons. The molecule has 0 saturated carbocycles. The number of rotatable bonds is 1. The van der Waals surface area contributed by atoms with Gasteiger partial charge >= 0.3 is 6.85 Å². The number of fused-ring (bicyclic) bond motifs is 15. The lowest BCUT2D eigenvalue weighted by Gasteiger charge is -2.47. The first-order valence-corrected chi connectivity index (χ1v) is 25.0. The molecule has 64 heavy (non-hydrogen) atoms. The molecule has 0 amide bonds. The average molecular weight is 857 g/mol. The number of hydrogen-bond acceptors (Lipinski definition) is 2. The number of thiophene rings is 1. The summed E-state index contributed by atoms with van der Waals surface area (Å²) in [7, 11) is 0. The minimum atomic E-state index is -0.0358. The third kappa shape index (κ3) is 5.38. The molecule has 4 aliphatic rings. The highest BCUT2D eigenvalue weighted by Gasteiger charge is 2.49. The van der Waals surface area contributed by atoms with Crippen molar-refractivity contribution in [3.05, 3.63) is 124 Å². The molecule has 6 aromatic carbocycles. The van der Waals surface area contributed by atoms with Crippen molar-refractivity contribution in [2.45, 2.75) is 155 Å². The van der Waals surface area contributed by atoms with E-state index in [1.807, 2.05) is 11.3 Å². The molecule has 0 spiro atoms. The fraction of sp³-hybridized carbons (Fsp3) is 0.400. The summed E-state index contributed by atoms with van der Waals surface area (Å²) >= 11 is 2.01. The third-order valence-corrected chi connectivity index (χ3v) is 18.2. The van der Waals surface area contributed by atoms with Gasteiger partial charge in [0.25, 0.3) is 0 Å². The number of aromatic nitrogens is 1. The highest BCUT2D eigenvalue weighted by molar-refractivity contribution is 7.27. The van der Waals surface area contributed by atoms with Crippen molar-refractivity contribution in [1.82, 2.24) is 4.57 Å². The Bertz CT molecular complexity index is 3350. The molecule has 8 aromatic rings. The fourth-order valence-corrected chi connectivity index (χ4v) is 14.0. The van der Waals surface area contributed by atoms with E-state index in [9.17, 15) is 0 Å². The molecule has 0 N–H and O–H groups in total. The van der Waals surface area contributed by atoms with Crippen molar-refractivity contribution in [2.75, 3.05) is 4.81 Å². The number of benzene rings is 6. The van der Waals surface area contributed by atoms with Crippen LogP contribution >= 0.6 is 11.3 Å². The Labute approximate surface area is 386 Å². The maximum atomic E-state index is 2.82. The highest BCUT2D eigenvalue weighted by atomic mass is 32.1. The molecule has 0 atom stereocenters. The summed E-state index contributed by atoms with van der Waals surface area (Å²) in [6.07, 6.45) is 4.74. The van der Waals surface area contributed by atoms with Crippen molar-refractivity contribution in [1.29, 1.82) is 0 Å². The van der Waals surface area contributed by atoms with Crippen LogP contribution in [0.5, 0.6) is 0 Å². The van der Waals surface area contributed by atoms with E-state index in [2.05, 4.69) is 197 Å². The van der Waals surface area contributed by atoms with Crippen LogP contribution in [0.4, 0.5) is 11.4 Å². The summed E-state index contributed by atoms with van der Waals surface area (Å²) in [5.74, 6) is 0. The second-order valence-electron chi connectivity index (χ2n) is 25.1. The second-order valence-corrected chi connectivity index (χ2v) is 26.2. The monoisotopic (exact) mass is 856 g/mol. The minimum absolute atomic E-state index is 0.0139. The Hall–Kier alpha value is -4.80. The second kappa shape index (κ2) is 12.5. The van der Waals surface area contributed by atoms with Gasteiger partial charge in [-0.25, -0.2) is 0 Å². The maximum Gasteiger partial charge on any atom is 0.333 e. The Morgan fingerprint density at radius 2 is 1.09 bits per heavy atom. The first-order chi connectivity index (χ1) is 30.0. The molecule has 2 aromatic heterocycles. The van der Waals surface area contributed by atoms with Crippen LogP contribution in [0, 0.1) is 0 Å². The molecular formula is C60H65BN2S. The number of nitrogens with zero attached hydrogens (tertiary/aromatic N) is 2. The van der Waals surface area contributed by atoms with Gasteiger partial charge < -0.3 is 9.38 Å². The van der Waals surface area contributed by atoms with Gasteiger partial charge in [-0.1, -0.05) is 139 Å². The summed E-state index contributed by atoms with van der Waals surface area (Å²) in [4.78, 5) is 2.82. The van der Waals surface area contributed by atoms with Gasteiger partial charge in [0.15, 0.2) is 0 Å². The van der Waals surface area contributed by atoms with Crippen LogP contribution in [0.15, 0.2) is 91.0 Å². The van der Waals surface area contributed by atoms with Crippen molar-refractivity contribution >= 4 is 82.5 Å². The van der Waals surface area contributed by atoms with Gasteiger partial charge in [-0.3, -0.25) is 0 Å². The Morgan fingerprint density at radius 3 is 1.70 bits per heavy atom. The summed E-state index contributed by atoms with van der Waals surface area (Å²) in [6.45, 7) is 34.1. The Morgan fingerprint density at radius 1 is 0.547 bits per heavy atom. The molecule has 2 aliphatic heterocycles. The van der Waals surface area contributed by atoms with E-state index < -0.39 is 0 Å². The van der Waals surface area contributed by atoms with Gasteiger partial charge in [0.05, 0.1) is 11.0 Å². The average Bonchev–Trinajstić information content (AvgIpc) is 3.79. The van der Waals surface area contributed by atoms with Crippen molar-refractivity contribution in [2.24, 2.45) is 0 Å². The van der Waals surface area contributed by atoms with Gasteiger partial charge in [-0.15, -0.1) is 11.3 Å². The molecule has 4 heterocycles. The summed E-state index contributed by atoms with van der Waals surface area (Å²) in [5, 5.41) is 5.63. The lowest BCUT2D eigenvalue weighted by Crippen LogP contribution is -2.61. The zero-order chi connectivity index (χ0) is 45.0. The van der Waals surface area contributed by atoms with Crippen molar-refractivity contribution in [3.63, 3.8) is 0 Å². The minimum Gasteiger partial charge on any atom is -0.376 e. The van der Waals surface area contributed by atoms with Crippen LogP contribution in [0.3, 0.4) is 0 Å². The van der Waals surface area contributed by atoms with Gasteiger partial charge in [-0.2, -0.15) is 0 Å². The predicted octanol–water partition coefficient (Wildman–Crippen LogP) is 15.7. The molecule has 0 bridgehead atoms. The van der Waals surface area contributed by atoms with Gasteiger partial charge in [0.2, 0.25) is 0 Å². The van der Waals surface area contributed by atoms with E-state index in [-0.39, 0.29) is 39.3 Å². The van der Waals surface area contributed by atoms with E-state index in [4.69, 9.17) is 0 Å². The van der Waals surface area contributed by atoms with Crippen molar-refractivity contribution < 1.29 is 0 Å². The number of hydrogen-bond donors (Lipinski definition) is 0. The molecule has 4 heteroatoms. The molecule has 12 rings (SSSR count). The van der Waals surface area contributed by atoms with E-state index in [0.717, 1.165) is 0 Å². The molecule has 0 saturated heterocycles.